The van der Waals surface area contributed by atoms with Crippen molar-refractivity contribution in [3.8, 4) is 0 Å². The molecular formula is C2H3FeNiO2-. The van der Waals surface area contributed by atoms with Crippen molar-refractivity contribution in [2.45, 2.75) is 0 Å². The van der Waals surface area contributed by atoms with E-state index in [4.69, 9.17) is 9.59 Å². The van der Waals surface area contributed by atoms with Crippen molar-refractivity contribution in [3.05, 3.63) is 0 Å². The Morgan fingerprint density at radius 3 is 1.17 bits per heavy atom. The SMILES string of the molecule is C=O.[CH-]=O.[Fe].[Ni]. The van der Waals surface area contributed by atoms with Crippen LogP contribution in [0.5, 0.6) is 0 Å². The van der Waals surface area contributed by atoms with Crippen LogP contribution in [0.1, 0.15) is 0 Å². The molecule has 0 aromatic heterocycles. The smallest absolute Gasteiger partial charge is 0.106 e. The second-order valence-corrected chi connectivity index (χ2v) is 0. The van der Waals surface area contributed by atoms with Gasteiger partial charge in [0, 0.05) is 33.6 Å². The van der Waals surface area contributed by atoms with E-state index in [2.05, 4.69) is 6.79 Å². The molecule has 0 aromatic rings. The second kappa shape index (κ2) is 814. The molecule has 0 amide bonds. The van der Waals surface area contributed by atoms with Gasteiger partial charge in [-0.05, 0) is 0 Å². The Labute approximate surface area is 57.1 Å². The number of hydrogen-bond acceptors (Lipinski definition) is 2. The molecule has 0 bridgehead atoms. The van der Waals surface area contributed by atoms with Gasteiger partial charge in [-0.3, -0.25) is 6.79 Å². The fraction of sp³-hybridized carbons (Fsp3) is 0. The molecule has 0 aliphatic rings. The number of hydrogen-bond donors (Lipinski definition) is 0. The molecule has 0 radical (unpaired) electrons. The van der Waals surface area contributed by atoms with Crippen molar-refractivity contribution >= 4 is 13.6 Å². The van der Waals surface area contributed by atoms with Gasteiger partial charge in [0.25, 0.3) is 0 Å². The van der Waals surface area contributed by atoms with E-state index >= 15 is 0 Å². The molecule has 6 heavy (non-hydrogen) atoms. The van der Waals surface area contributed by atoms with Crippen molar-refractivity contribution < 1.29 is 43.1 Å². The molecule has 0 aliphatic heterocycles. The molecule has 0 aromatic carbocycles. The molecule has 42 valence electrons. The Hall–Kier alpha value is 0.353. The predicted octanol–water partition coefficient (Wildman–Crippen LogP) is -0.464. The average Bonchev–Trinajstić information content (AvgIpc) is 1.50. The molecule has 0 saturated heterocycles. The zero-order chi connectivity index (χ0) is 4.00. The minimum absolute atomic E-state index is 0. The first-order chi connectivity index (χ1) is 2.00. The third-order valence-corrected chi connectivity index (χ3v) is 0. The zero-order valence-electron chi connectivity index (χ0n) is 2.77. The van der Waals surface area contributed by atoms with Crippen LogP contribution in [0.25, 0.3) is 0 Å². The van der Waals surface area contributed by atoms with E-state index in [-0.39, 0.29) is 33.6 Å². The Morgan fingerprint density at radius 1 is 1.17 bits per heavy atom. The van der Waals surface area contributed by atoms with Crippen LogP contribution in [0.15, 0.2) is 0 Å². The third-order valence-electron chi connectivity index (χ3n) is 0. The van der Waals surface area contributed by atoms with E-state index < -0.39 is 0 Å². The molecule has 0 spiro atoms. The van der Waals surface area contributed by atoms with Gasteiger partial charge in [-0.2, -0.15) is 0 Å². The summed E-state index contributed by atoms with van der Waals surface area (Å²) in [6.45, 7) is 5.25. The van der Waals surface area contributed by atoms with Crippen molar-refractivity contribution in [2.24, 2.45) is 0 Å². The summed E-state index contributed by atoms with van der Waals surface area (Å²) in [4.78, 5) is 15.8. The maximum Gasteiger partial charge on any atom is 0.106 e. The largest absolute Gasteiger partial charge is 0.545 e. The summed E-state index contributed by atoms with van der Waals surface area (Å²) in [6, 6.07) is 0. The van der Waals surface area contributed by atoms with Crippen LogP contribution in [0.4, 0.5) is 0 Å². The van der Waals surface area contributed by atoms with Crippen molar-refractivity contribution in [1.29, 1.82) is 0 Å². The molecule has 4 heteroatoms. The molecular weight excluding hydrogens is 171 g/mol. The van der Waals surface area contributed by atoms with E-state index in [0.717, 1.165) is 0 Å². The number of rotatable bonds is 0. The molecule has 0 atom stereocenters. The van der Waals surface area contributed by atoms with Gasteiger partial charge in [-0.15, -0.1) is 0 Å². The minimum atomic E-state index is 0. The third kappa shape index (κ3) is 393. The van der Waals surface area contributed by atoms with E-state index in [9.17, 15) is 0 Å². The number of carbonyl (C=O) groups excluding carboxylic acids is 2. The maximum atomic E-state index is 8.00. The summed E-state index contributed by atoms with van der Waals surface area (Å²) in [6.07, 6.45) is 0. The van der Waals surface area contributed by atoms with Crippen LogP contribution in [-0.2, 0) is 43.1 Å². The molecule has 0 N–H and O–H groups in total. The fourth-order valence-electron chi connectivity index (χ4n) is 0. The van der Waals surface area contributed by atoms with Gasteiger partial charge in [-0.25, -0.2) is 0 Å². The van der Waals surface area contributed by atoms with Crippen LogP contribution < -0.4 is 0 Å². The van der Waals surface area contributed by atoms with Gasteiger partial charge in [0.05, 0.1) is 0 Å². The maximum absolute atomic E-state index is 8.00. The van der Waals surface area contributed by atoms with Crippen molar-refractivity contribution in [2.75, 3.05) is 0 Å². The van der Waals surface area contributed by atoms with Crippen LogP contribution >= 0.6 is 0 Å². The van der Waals surface area contributed by atoms with Crippen LogP contribution in [-0.4, -0.2) is 13.6 Å². The predicted molar refractivity (Wildman–Crippen MR) is 13.9 cm³/mol. The Balaban J connectivity index is -0.00000000500. The van der Waals surface area contributed by atoms with Crippen LogP contribution in [0, 0.1) is 0 Å². The monoisotopic (exact) mass is 173 g/mol. The Kier molecular flexibility index (Phi) is 4460. The molecule has 2 nitrogen and oxygen atoms in total. The quantitative estimate of drug-likeness (QED) is 0.282. The van der Waals surface area contributed by atoms with Crippen molar-refractivity contribution in [1.82, 2.24) is 0 Å². The van der Waals surface area contributed by atoms with E-state index in [0.29, 0.717) is 0 Å². The van der Waals surface area contributed by atoms with Gasteiger partial charge in [-0.1, -0.05) is 0 Å². The Bertz CT molecular complexity index is 13.5. The Morgan fingerprint density at radius 2 is 1.17 bits per heavy atom. The summed E-state index contributed by atoms with van der Waals surface area (Å²) in [7, 11) is 0. The summed E-state index contributed by atoms with van der Waals surface area (Å²) >= 11 is 0. The summed E-state index contributed by atoms with van der Waals surface area (Å²) in [5.74, 6) is 0. The molecule has 0 saturated carbocycles. The van der Waals surface area contributed by atoms with Gasteiger partial charge >= 0.3 is 0 Å². The van der Waals surface area contributed by atoms with Gasteiger partial charge in [0.1, 0.15) is 6.79 Å². The standard InChI is InChI=1S/CH2O.CHO.Fe.Ni/c2*1-2;;/h1H2;1H;;/q;-1;;. The molecule has 0 heterocycles. The summed E-state index contributed by atoms with van der Waals surface area (Å²) in [5.41, 5.74) is 0. The second-order valence-electron chi connectivity index (χ2n) is 0. The summed E-state index contributed by atoms with van der Waals surface area (Å²) in [5, 5.41) is 0. The topological polar surface area (TPSA) is 34.1 Å². The molecule has 0 fully saturated rings. The van der Waals surface area contributed by atoms with E-state index in [1.54, 1.807) is 0 Å². The van der Waals surface area contributed by atoms with Gasteiger partial charge < -0.3 is 9.59 Å². The molecule has 0 unspecified atom stereocenters. The first-order valence-corrected chi connectivity index (χ1v) is 0.524. The van der Waals surface area contributed by atoms with Gasteiger partial charge in [0.15, 0.2) is 0 Å². The average molecular weight is 174 g/mol. The van der Waals surface area contributed by atoms with E-state index in [1.165, 1.54) is 0 Å². The van der Waals surface area contributed by atoms with Crippen LogP contribution in [0.2, 0.25) is 0 Å². The summed E-state index contributed by atoms with van der Waals surface area (Å²) < 4.78 is 0. The fourth-order valence-corrected chi connectivity index (χ4v) is 0. The van der Waals surface area contributed by atoms with Crippen LogP contribution in [0.3, 0.4) is 0 Å². The van der Waals surface area contributed by atoms with Gasteiger partial charge in [0.2, 0.25) is 0 Å². The molecule has 0 aliphatic carbocycles. The van der Waals surface area contributed by atoms with Crippen molar-refractivity contribution in [3.63, 3.8) is 0 Å². The zero-order valence-corrected chi connectivity index (χ0v) is 4.86. The van der Waals surface area contributed by atoms with E-state index in [1.807, 2.05) is 6.79 Å². The number of carbonyl (C=O) groups is 1. The first-order valence-electron chi connectivity index (χ1n) is 0.524. The first kappa shape index (κ1) is 32.9. The normalized spacial score (nSPS) is 1.33. The molecule has 0 rings (SSSR count). The minimum Gasteiger partial charge on any atom is -0.545 e.